The van der Waals surface area contributed by atoms with Gasteiger partial charge in [-0.05, 0) is 19.8 Å². The van der Waals surface area contributed by atoms with Crippen molar-refractivity contribution in [1.29, 1.82) is 0 Å². The first kappa shape index (κ1) is 11.6. The van der Waals surface area contributed by atoms with Crippen LogP contribution in [0.2, 0.25) is 0 Å². The van der Waals surface area contributed by atoms with Gasteiger partial charge in [-0.1, -0.05) is 0 Å². The summed E-state index contributed by atoms with van der Waals surface area (Å²) in [6, 6.07) is 0. The Morgan fingerprint density at radius 2 is 2.35 bits per heavy atom. The molecule has 1 saturated heterocycles. The molecular weight excluding hydrogens is 220 g/mol. The van der Waals surface area contributed by atoms with Crippen LogP contribution in [0.1, 0.15) is 28.9 Å². The number of nitrogens with zero attached hydrogens (tertiary/aromatic N) is 2. The zero-order valence-electron chi connectivity index (χ0n) is 9.77. The van der Waals surface area contributed by atoms with Crippen molar-refractivity contribution in [2.24, 2.45) is 11.7 Å². The van der Waals surface area contributed by atoms with Crippen molar-refractivity contribution in [1.82, 2.24) is 15.1 Å². The number of carbonyl (C=O) groups excluding carboxylic acids is 2. The van der Waals surface area contributed by atoms with Gasteiger partial charge in [0.1, 0.15) is 0 Å². The number of primary amides is 1. The maximum atomic E-state index is 12.2. The number of nitrogens with two attached hydrogens (primary N) is 1. The van der Waals surface area contributed by atoms with Gasteiger partial charge in [-0.15, -0.1) is 0 Å². The SMILES string of the molecule is Cc1[nH]ncc1C(=O)N1CCCC(C(N)=O)C1. The Hall–Kier alpha value is -1.85. The lowest BCUT2D eigenvalue weighted by molar-refractivity contribution is -0.123. The second kappa shape index (κ2) is 4.57. The summed E-state index contributed by atoms with van der Waals surface area (Å²) < 4.78 is 0. The Morgan fingerprint density at radius 1 is 1.59 bits per heavy atom. The second-order valence-corrected chi connectivity index (χ2v) is 4.40. The third kappa shape index (κ3) is 2.30. The summed E-state index contributed by atoms with van der Waals surface area (Å²) in [5.74, 6) is -0.631. The Morgan fingerprint density at radius 3 is 2.94 bits per heavy atom. The van der Waals surface area contributed by atoms with Crippen molar-refractivity contribution in [3.8, 4) is 0 Å². The number of aromatic nitrogens is 2. The highest BCUT2D eigenvalue weighted by Crippen LogP contribution is 2.18. The Balaban J connectivity index is 2.10. The molecular formula is C11H16N4O2. The van der Waals surface area contributed by atoms with Gasteiger partial charge in [-0.2, -0.15) is 5.10 Å². The zero-order valence-corrected chi connectivity index (χ0v) is 9.77. The molecule has 0 bridgehead atoms. The highest BCUT2D eigenvalue weighted by molar-refractivity contribution is 5.95. The number of hydrogen-bond donors (Lipinski definition) is 2. The van der Waals surface area contributed by atoms with E-state index in [1.54, 1.807) is 11.8 Å². The van der Waals surface area contributed by atoms with Crippen LogP contribution in [0.3, 0.4) is 0 Å². The number of hydrogen-bond acceptors (Lipinski definition) is 3. The quantitative estimate of drug-likeness (QED) is 0.760. The normalized spacial score (nSPS) is 20.3. The van der Waals surface area contributed by atoms with Crippen LogP contribution in [-0.2, 0) is 4.79 Å². The van der Waals surface area contributed by atoms with Gasteiger partial charge in [0.05, 0.1) is 17.7 Å². The van der Waals surface area contributed by atoms with Crippen molar-refractivity contribution in [3.05, 3.63) is 17.5 Å². The molecule has 3 N–H and O–H groups in total. The summed E-state index contributed by atoms with van der Waals surface area (Å²) in [7, 11) is 0. The zero-order chi connectivity index (χ0) is 12.4. The van der Waals surface area contributed by atoms with E-state index in [-0.39, 0.29) is 17.7 Å². The molecule has 1 atom stereocenters. The highest BCUT2D eigenvalue weighted by atomic mass is 16.2. The maximum absolute atomic E-state index is 12.2. The topological polar surface area (TPSA) is 92.1 Å². The molecule has 1 aliphatic heterocycles. The summed E-state index contributed by atoms with van der Waals surface area (Å²) in [5.41, 5.74) is 6.59. The van der Waals surface area contributed by atoms with E-state index < -0.39 is 0 Å². The number of aromatic amines is 1. The molecule has 92 valence electrons. The lowest BCUT2D eigenvalue weighted by atomic mass is 9.97. The predicted octanol–water partition coefficient (Wildman–Crippen LogP) is 0.0556. The van der Waals surface area contributed by atoms with E-state index in [4.69, 9.17) is 5.73 Å². The average Bonchev–Trinajstić information content (AvgIpc) is 2.74. The van der Waals surface area contributed by atoms with Crippen LogP contribution in [-0.4, -0.2) is 40.0 Å². The summed E-state index contributed by atoms with van der Waals surface area (Å²) in [4.78, 5) is 25.0. The first-order valence-electron chi connectivity index (χ1n) is 5.68. The summed E-state index contributed by atoms with van der Waals surface area (Å²) in [6.07, 6.45) is 3.10. The molecule has 0 aliphatic carbocycles. The van der Waals surface area contributed by atoms with Crippen LogP contribution in [0.4, 0.5) is 0 Å². The molecule has 0 spiro atoms. The number of likely N-dealkylation sites (tertiary alicyclic amines) is 1. The third-order valence-electron chi connectivity index (χ3n) is 3.17. The van der Waals surface area contributed by atoms with Crippen LogP contribution in [0.25, 0.3) is 0 Å². The highest BCUT2D eigenvalue weighted by Gasteiger charge is 2.28. The van der Waals surface area contributed by atoms with Gasteiger partial charge in [0.15, 0.2) is 0 Å². The number of carbonyl (C=O) groups is 2. The van der Waals surface area contributed by atoms with Crippen LogP contribution in [0.5, 0.6) is 0 Å². The molecule has 2 heterocycles. The number of amides is 2. The van der Waals surface area contributed by atoms with Gasteiger partial charge in [-0.25, -0.2) is 0 Å². The fourth-order valence-corrected chi connectivity index (χ4v) is 2.13. The maximum Gasteiger partial charge on any atom is 0.257 e. The molecule has 6 nitrogen and oxygen atoms in total. The van der Waals surface area contributed by atoms with Crippen molar-refractivity contribution < 1.29 is 9.59 Å². The van der Waals surface area contributed by atoms with Crippen molar-refractivity contribution in [2.75, 3.05) is 13.1 Å². The van der Waals surface area contributed by atoms with Crippen molar-refractivity contribution in [2.45, 2.75) is 19.8 Å². The van der Waals surface area contributed by atoms with E-state index in [1.165, 1.54) is 6.20 Å². The first-order chi connectivity index (χ1) is 8.09. The first-order valence-corrected chi connectivity index (χ1v) is 5.68. The van der Waals surface area contributed by atoms with E-state index in [0.717, 1.165) is 18.5 Å². The fourth-order valence-electron chi connectivity index (χ4n) is 2.13. The van der Waals surface area contributed by atoms with Gasteiger partial charge in [0, 0.05) is 18.8 Å². The van der Waals surface area contributed by atoms with Gasteiger partial charge in [0.25, 0.3) is 5.91 Å². The lowest BCUT2D eigenvalue weighted by Gasteiger charge is -2.31. The molecule has 2 rings (SSSR count). The summed E-state index contributed by atoms with van der Waals surface area (Å²) in [6.45, 7) is 2.89. The minimum atomic E-state index is -0.327. The van der Waals surface area contributed by atoms with Gasteiger partial charge < -0.3 is 10.6 Å². The van der Waals surface area contributed by atoms with E-state index in [1.807, 2.05) is 0 Å². The molecule has 0 saturated carbocycles. The van der Waals surface area contributed by atoms with E-state index >= 15 is 0 Å². The minimum Gasteiger partial charge on any atom is -0.369 e. The summed E-state index contributed by atoms with van der Waals surface area (Å²) >= 11 is 0. The molecule has 1 aromatic rings. The second-order valence-electron chi connectivity index (χ2n) is 4.40. The van der Waals surface area contributed by atoms with Crippen LogP contribution in [0, 0.1) is 12.8 Å². The summed E-state index contributed by atoms with van der Waals surface area (Å²) in [5, 5.41) is 6.56. The molecule has 1 aromatic heterocycles. The largest absolute Gasteiger partial charge is 0.369 e. The molecule has 6 heteroatoms. The van der Waals surface area contributed by atoms with E-state index in [2.05, 4.69) is 10.2 Å². The Kier molecular flexibility index (Phi) is 3.12. The molecule has 0 aromatic carbocycles. The molecule has 1 aliphatic rings. The predicted molar refractivity (Wildman–Crippen MR) is 61.1 cm³/mol. The third-order valence-corrected chi connectivity index (χ3v) is 3.17. The Labute approximate surface area is 99.2 Å². The van der Waals surface area contributed by atoms with E-state index in [9.17, 15) is 9.59 Å². The molecule has 1 unspecified atom stereocenters. The van der Waals surface area contributed by atoms with Crippen LogP contribution >= 0.6 is 0 Å². The fraction of sp³-hybridized carbons (Fsp3) is 0.545. The number of H-pyrrole nitrogens is 1. The lowest BCUT2D eigenvalue weighted by Crippen LogP contribution is -2.44. The number of aryl methyl sites for hydroxylation is 1. The molecule has 0 radical (unpaired) electrons. The Bertz CT molecular complexity index is 440. The monoisotopic (exact) mass is 236 g/mol. The van der Waals surface area contributed by atoms with Gasteiger partial charge in [-0.3, -0.25) is 14.7 Å². The molecule has 1 fully saturated rings. The van der Waals surface area contributed by atoms with Crippen LogP contribution in [0.15, 0.2) is 6.20 Å². The van der Waals surface area contributed by atoms with Gasteiger partial charge >= 0.3 is 0 Å². The molecule has 2 amide bonds. The van der Waals surface area contributed by atoms with Crippen molar-refractivity contribution in [3.63, 3.8) is 0 Å². The standard InChI is InChI=1S/C11H16N4O2/c1-7-9(5-13-14-7)11(17)15-4-2-3-8(6-15)10(12)16/h5,8H,2-4,6H2,1H3,(H2,12,16)(H,13,14). The van der Waals surface area contributed by atoms with Crippen molar-refractivity contribution >= 4 is 11.8 Å². The average molecular weight is 236 g/mol. The minimum absolute atomic E-state index is 0.0813. The van der Waals surface area contributed by atoms with Crippen LogP contribution < -0.4 is 5.73 Å². The van der Waals surface area contributed by atoms with Gasteiger partial charge in [0.2, 0.25) is 5.91 Å². The molecule has 17 heavy (non-hydrogen) atoms. The number of piperidine rings is 1. The van der Waals surface area contributed by atoms with E-state index in [0.29, 0.717) is 18.7 Å². The smallest absolute Gasteiger partial charge is 0.257 e. The number of rotatable bonds is 2. The number of nitrogens with one attached hydrogen (secondary N) is 1.